The van der Waals surface area contributed by atoms with Crippen LogP contribution < -0.4 is 4.74 Å². The first-order valence-corrected chi connectivity index (χ1v) is 14.1. The smallest absolute Gasteiger partial charge is 0.394 e. The average molecular weight is 543 g/mol. The maximum Gasteiger partial charge on any atom is 0.394 e. The van der Waals surface area contributed by atoms with E-state index in [0.29, 0.717) is 30.7 Å². The molecule has 7 nitrogen and oxygen atoms in total. The molecule has 0 unspecified atom stereocenters. The topological polar surface area (TPSA) is 116 Å². The first-order valence-electron chi connectivity index (χ1n) is 12.5. The maximum atomic E-state index is 13.3. The Bertz CT molecular complexity index is 1510. The predicted molar refractivity (Wildman–Crippen MR) is 145 cm³/mol. The monoisotopic (exact) mass is 542 g/mol. The molecular formula is C28H31F2N3O4P-. The van der Waals surface area contributed by atoms with Gasteiger partial charge in [-0.25, -0.2) is 0 Å². The predicted octanol–water partition coefficient (Wildman–Crippen LogP) is 7.58. The van der Waals surface area contributed by atoms with E-state index in [1.165, 1.54) is 5.56 Å². The summed E-state index contributed by atoms with van der Waals surface area (Å²) in [5.74, 6) is 0.867. The van der Waals surface area contributed by atoms with E-state index >= 15 is 0 Å². The molecule has 202 valence electrons. The van der Waals surface area contributed by atoms with E-state index in [1.54, 1.807) is 0 Å². The molecule has 0 amide bonds. The number of nitrogens with one attached hydrogen (secondary N) is 1. The lowest BCUT2D eigenvalue weighted by molar-refractivity contribution is 0.0474. The van der Waals surface area contributed by atoms with Crippen LogP contribution >= 0.6 is 7.60 Å². The van der Waals surface area contributed by atoms with Crippen LogP contribution in [-0.2, 0) is 17.4 Å². The summed E-state index contributed by atoms with van der Waals surface area (Å²) >= 11 is 0. The molecule has 10 heteroatoms. The molecule has 38 heavy (non-hydrogen) atoms. The van der Waals surface area contributed by atoms with Crippen molar-refractivity contribution in [3.05, 3.63) is 76.6 Å². The summed E-state index contributed by atoms with van der Waals surface area (Å²) in [7, 11) is -5.41. The maximum absolute atomic E-state index is 13.3. The lowest BCUT2D eigenvalue weighted by Gasteiger charge is -2.17. The quantitative estimate of drug-likeness (QED) is 0.115. The number of hydrogen-bond donors (Lipinski definition) is 2. The fourth-order valence-electron chi connectivity index (χ4n) is 4.44. The highest BCUT2D eigenvalue weighted by Crippen LogP contribution is 2.55. The zero-order valence-electron chi connectivity index (χ0n) is 21.4. The first kappa shape index (κ1) is 27.9. The van der Waals surface area contributed by atoms with Crippen LogP contribution in [-0.4, -0.2) is 32.0 Å². The molecule has 0 radical (unpaired) electrons. The molecule has 0 aliphatic carbocycles. The van der Waals surface area contributed by atoms with E-state index < -0.39 is 19.7 Å². The summed E-state index contributed by atoms with van der Waals surface area (Å²) in [4.78, 5) is 26.3. The molecule has 0 atom stereocenters. The third-order valence-corrected chi connectivity index (χ3v) is 7.73. The van der Waals surface area contributed by atoms with Crippen LogP contribution in [0.3, 0.4) is 0 Å². The van der Waals surface area contributed by atoms with Crippen LogP contribution in [0.1, 0.15) is 47.9 Å². The van der Waals surface area contributed by atoms with Crippen LogP contribution in [0.2, 0.25) is 0 Å². The number of halogens is 2. The minimum absolute atomic E-state index is 0.0120. The molecule has 0 spiro atoms. The summed E-state index contributed by atoms with van der Waals surface area (Å²) in [6, 6.07) is 14.0. The molecule has 0 aliphatic rings. The molecule has 0 bridgehead atoms. The Morgan fingerprint density at radius 2 is 1.79 bits per heavy atom. The zero-order valence-corrected chi connectivity index (χ0v) is 22.3. The SMILES string of the molecule is Cc1ccc2c(c1)nc([NH-])c1ncc(CCc3ccc(OCCCCCC(F)(F)P(=O)(O)O)cc3C)cc12. The van der Waals surface area contributed by atoms with E-state index in [0.717, 1.165) is 45.8 Å². The average Bonchev–Trinajstić information content (AvgIpc) is 2.84. The molecule has 2 aromatic carbocycles. The van der Waals surface area contributed by atoms with E-state index in [2.05, 4.69) is 16.0 Å². The first-order chi connectivity index (χ1) is 17.9. The van der Waals surface area contributed by atoms with Gasteiger partial charge in [-0.05, 0) is 97.6 Å². The summed E-state index contributed by atoms with van der Waals surface area (Å²) in [5, 5.41) is 1.92. The molecule has 3 N–H and O–H groups in total. The number of aryl methyl sites for hydroxylation is 4. The molecule has 4 aromatic rings. The fraction of sp³-hybridized carbons (Fsp3) is 0.357. The Kier molecular flexibility index (Phi) is 8.31. The van der Waals surface area contributed by atoms with Gasteiger partial charge in [0.05, 0.1) is 12.1 Å². The highest BCUT2D eigenvalue weighted by atomic mass is 31.2. The lowest BCUT2D eigenvalue weighted by Crippen LogP contribution is -2.16. The van der Waals surface area contributed by atoms with Crippen LogP contribution in [0.5, 0.6) is 5.75 Å². The number of nitrogens with zero attached hydrogens (tertiary/aromatic N) is 2. The van der Waals surface area contributed by atoms with Crippen molar-refractivity contribution in [2.75, 3.05) is 6.61 Å². The Morgan fingerprint density at radius 3 is 2.53 bits per heavy atom. The number of aromatic nitrogens is 2. The second-order valence-electron chi connectivity index (χ2n) is 9.68. The lowest BCUT2D eigenvalue weighted by atomic mass is 9.99. The van der Waals surface area contributed by atoms with Gasteiger partial charge in [0.1, 0.15) is 5.75 Å². The molecular weight excluding hydrogens is 511 g/mol. The number of rotatable bonds is 11. The van der Waals surface area contributed by atoms with Gasteiger partial charge in [-0.2, -0.15) is 8.78 Å². The van der Waals surface area contributed by atoms with Crippen LogP contribution in [0.25, 0.3) is 27.5 Å². The Morgan fingerprint density at radius 1 is 1.00 bits per heavy atom. The molecule has 2 aromatic heterocycles. The number of benzene rings is 2. The van der Waals surface area contributed by atoms with Crippen molar-refractivity contribution in [2.24, 2.45) is 0 Å². The van der Waals surface area contributed by atoms with Crippen LogP contribution in [0.15, 0.2) is 48.7 Å². The van der Waals surface area contributed by atoms with Crippen molar-refractivity contribution in [3.8, 4) is 5.75 Å². The Hall–Kier alpha value is -3.13. The van der Waals surface area contributed by atoms with Gasteiger partial charge in [-0.1, -0.05) is 29.8 Å². The van der Waals surface area contributed by atoms with Crippen molar-refractivity contribution in [3.63, 3.8) is 0 Å². The van der Waals surface area contributed by atoms with Gasteiger partial charge >= 0.3 is 13.3 Å². The zero-order chi connectivity index (χ0) is 27.5. The van der Waals surface area contributed by atoms with E-state index in [9.17, 15) is 13.3 Å². The van der Waals surface area contributed by atoms with Crippen molar-refractivity contribution in [2.45, 2.75) is 58.0 Å². The largest absolute Gasteiger partial charge is 0.494 e. The van der Waals surface area contributed by atoms with Gasteiger partial charge in [0.2, 0.25) is 0 Å². The minimum Gasteiger partial charge on any atom is -0.494 e. The Labute approximate surface area is 220 Å². The molecule has 2 heterocycles. The third kappa shape index (κ3) is 6.46. The van der Waals surface area contributed by atoms with E-state index in [-0.39, 0.29) is 12.2 Å². The van der Waals surface area contributed by atoms with Gasteiger partial charge in [-0.3, -0.25) is 9.55 Å². The van der Waals surface area contributed by atoms with E-state index in [4.69, 9.17) is 20.3 Å². The number of ether oxygens (including phenoxy) is 1. The van der Waals surface area contributed by atoms with Crippen LogP contribution in [0.4, 0.5) is 14.6 Å². The number of pyridine rings is 2. The van der Waals surface area contributed by atoms with Crippen molar-refractivity contribution in [1.29, 1.82) is 0 Å². The van der Waals surface area contributed by atoms with Crippen molar-refractivity contribution < 1.29 is 27.9 Å². The number of alkyl halides is 2. The van der Waals surface area contributed by atoms with Crippen LogP contribution in [0, 0.1) is 13.8 Å². The third-order valence-electron chi connectivity index (χ3n) is 6.66. The van der Waals surface area contributed by atoms with Crippen molar-refractivity contribution in [1.82, 2.24) is 9.97 Å². The second-order valence-corrected chi connectivity index (χ2v) is 11.4. The number of hydrogen-bond acceptors (Lipinski definition) is 4. The molecule has 0 aliphatic heterocycles. The van der Waals surface area contributed by atoms with Gasteiger partial charge in [0.15, 0.2) is 0 Å². The summed E-state index contributed by atoms with van der Waals surface area (Å²) in [6.07, 6.45) is 3.47. The van der Waals surface area contributed by atoms with Gasteiger partial charge in [0, 0.05) is 18.0 Å². The summed E-state index contributed by atoms with van der Waals surface area (Å²) < 4.78 is 43.1. The highest BCUT2D eigenvalue weighted by molar-refractivity contribution is 7.53. The van der Waals surface area contributed by atoms with Gasteiger partial charge in [0.25, 0.3) is 0 Å². The van der Waals surface area contributed by atoms with Crippen molar-refractivity contribution >= 4 is 35.2 Å². The van der Waals surface area contributed by atoms with Gasteiger partial charge in [-0.15, -0.1) is 0 Å². The molecule has 0 fully saturated rings. The Balaban J connectivity index is 1.32. The van der Waals surface area contributed by atoms with Gasteiger partial charge < -0.3 is 25.2 Å². The minimum atomic E-state index is -5.41. The molecule has 0 saturated carbocycles. The summed E-state index contributed by atoms with van der Waals surface area (Å²) in [5.41, 5.74) is 10.1. The number of unbranched alkanes of at least 4 members (excludes halogenated alkanes) is 2. The van der Waals surface area contributed by atoms with E-state index in [1.807, 2.05) is 56.4 Å². The normalized spacial score (nSPS) is 12.4. The second kappa shape index (κ2) is 11.3. The molecule has 0 saturated heterocycles. The fourth-order valence-corrected chi connectivity index (χ4v) is 4.89. The standard InChI is InChI=1S/C28H31F2N3O4P/c1-18-6-11-23-24-16-20(17-32-26(24)27(31)33-25(23)14-18)7-8-21-9-10-22(15-19(21)2)37-13-5-3-4-12-28(29,30)38(34,35)36/h6,9-11,14-17H,3-5,7-8,12-13H2,1-2H3,(H3-,31,33,34,35,36)/q-1. The highest BCUT2D eigenvalue weighted by Gasteiger charge is 2.47. The summed E-state index contributed by atoms with van der Waals surface area (Å²) in [6.45, 7) is 4.35. The molecule has 4 rings (SSSR count). The number of fused-ring (bicyclic) bond motifs is 3.